The summed E-state index contributed by atoms with van der Waals surface area (Å²) in [5.74, 6) is -0.178. The molecule has 0 spiro atoms. The van der Waals surface area contributed by atoms with Gasteiger partial charge >= 0.3 is 0 Å². The maximum Gasteiger partial charge on any atom is 0.248 e. The van der Waals surface area contributed by atoms with Crippen molar-refractivity contribution in [3.63, 3.8) is 0 Å². The number of rotatable bonds is 6. The van der Waals surface area contributed by atoms with Crippen LogP contribution in [-0.2, 0) is 4.79 Å². The van der Waals surface area contributed by atoms with E-state index in [9.17, 15) is 13.6 Å². The number of hydrogen-bond donors (Lipinski definition) is 2. The number of nitrogens with one attached hydrogen (secondary N) is 2. The summed E-state index contributed by atoms with van der Waals surface area (Å²) >= 11 is 0. The van der Waals surface area contributed by atoms with Crippen molar-refractivity contribution in [3.8, 4) is 0 Å². The quantitative estimate of drug-likeness (QED) is 0.530. The average molecular weight is 435 g/mol. The SMILES string of the molecule is Cc1cc(Nc2ccc(NC(=O)/C=C/c3cc(F)ccc3F)cc2)nc(N2CCCC2)n1. The monoisotopic (exact) mass is 435 g/mol. The first-order valence-corrected chi connectivity index (χ1v) is 10.4. The molecule has 0 bridgehead atoms. The number of aryl methyl sites for hydroxylation is 1. The molecule has 2 N–H and O–H groups in total. The number of hydrogen-bond acceptors (Lipinski definition) is 5. The summed E-state index contributed by atoms with van der Waals surface area (Å²) in [6.07, 6.45) is 4.70. The molecule has 164 valence electrons. The van der Waals surface area contributed by atoms with Crippen LogP contribution in [0.25, 0.3) is 6.08 Å². The fourth-order valence-corrected chi connectivity index (χ4v) is 3.45. The largest absolute Gasteiger partial charge is 0.341 e. The summed E-state index contributed by atoms with van der Waals surface area (Å²) in [6.45, 7) is 3.88. The lowest BCUT2D eigenvalue weighted by molar-refractivity contribution is -0.111. The lowest BCUT2D eigenvalue weighted by atomic mass is 10.2. The van der Waals surface area contributed by atoms with Crippen LogP contribution in [0.1, 0.15) is 24.1 Å². The number of halogens is 2. The zero-order valence-electron chi connectivity index (χ0n) is 17.6. The van der Waals surface area contributed by atoms with Crippen LogP contribution in [0, 0.1) is 18.6 Å². The van der Waals surface area contributed by atoms with Gasteiger partial charge < -0.3 is 15.5 Å². The average Bonchev–Trinajstić information content (AvgIpc) is 3.30. The minimum absolute atomic E-state index is 0.00754. The molecule has 32 heavy (non-hydrogen) atoms. The molecule has 2 heterocycles. The Kier molecular flexibility index (Phi) is 6.39. The van der Waals surface area contributed by atoms with Crippen molar-refractivity contribution in [2.24, 2.45) is 0 Å². The van der Waals surface area contributed by atoms with Crippen LogP contribution in [0.15, 0.2) is 54.6 Å². The second-order valence-corrected chi connectivity index (χ2v) is 7.58. The Hall–Kier alpha value is -3.81. The van der Waals surface area contributed by atoms with Crippen LogP contribution in [0.5, 0.6) is 0 Å². The van der Waals surface area contributed by atoms with Gasteiger partial charge in [-0.25, -0.2) is 13.8 Å². The Morgan fingerprint density at radius 1 is 1.00 bits per heavy atom. The summed E-state index contributed by atoms with van der Waals surface area (Å²) in [5.41, 5.74) is 2.27. The van der Waals surface area contributed by atoms with Gasteiger partial charge in [0.25, 0.3) is 0 Å². The van der Waals surface area contributed by atoms with Gasteiger partial charge in [0.15, 0.2) is 0 Å². The fourth-order valence-electron chi connectivity index (χ4n) is 3.45. The molecule has 1 aliphatic heterocycles. The van der Waals surface area contributed by atoms with E-state index in [4.69, 9.17) is 0 Å². The van der Waals surface area contributed by atoms with Crippen molar-refractivity contribution in [1.82, 2.24) is 9.97 Å². The highest BCUT2D eigenvalue weighted by atomic mass is 19.1. The first-order chi connectivity index (χ1) is 15.5. The van der Waals surface area contributed by atoms with Gasteiger partial charge in [-0.2, -0.15) is 4.98 Å². The predicted octanol–water partition coefficient (Wildman–Crippen LogP) is 5.06. The Bertz CT molecular complexity index is 1140. The Labute approximate surface area is 185 Å². The highest BCUT2D eigenvalue weighted by Crippen LogP contribution is 2.22. The van der Waals surface area contributed by atoms with Crippen molar-refractivity contribution in [1.29, 1.82) is 0 Å². The molecule has 0 aliphatic carbocycles. The van der Waals surface area contributed by atoms with Gasteiger partial charge in [0.2, 0.25) is 11.9 Å². The number of anilines is 4. The first kappa shape index (κ1) is 21.4. The summed E-state index contributed by atoms with van der Waals surface area (Å²) in [4.78, 5) is 23.4. The van der Waals surface area contributed by atoms with Gasteiger partial charge in [0.1, 0.15) is 17.5 Å². The van der Waals surface area contributed by atoms with Gasteiger partial charge in [-0.3, -0.25) is 4.79 Å². The van der Waals surface area contributed by atoms with Crippen LogP contribution in [0.3, 0.4) is 0 Å². The molecular weight excluding hydrogens is 412 g/mol. The highest BCUT2D eigenvalue weighted by molar-refractivity contribution is 6.02. The first-order valence-electron chi connectivity index (χ1n) is 10.4. The molecule has 4 rings (SSSR count). The molecule has 1 aliphatic rings. The minimum atomic E-state index is -0.598. The zero-order chi connectivity index (χ0) is 22.5. The van der Waals surface area contributed by atoms with Crippen molar-refractivity contribution in [2.75, 3.05) is 28.6 Å². The van der Waals surface area contributed by atoms with Crippen LogP contribution in [0.2, 0.25) is 0 Å². The lowest BCUT2D eigenvalue weighted by Gasteiger charge is -2.17. The van der Waals surface area contributed by atoms with Crippen LogP contribution < -0.4 is 15.5 Å². The third kappa shape index (κ3) is 5.46. The Balaban J connectivity index is 1.38. The van der Waals surface area contributed by atoms with E-state index in [1.165, 1.54) is 6.08 Å². The molecule has 0 saturated carbocycles. The number of carbonyl (C=O) groups is 1. The fraction of sp³-hybridized carbons (Fsp3) is 0.208. The topological polar surface area (TPSA) is 70.2 Å². The molecule has 1 fully saturated rings. The number of nitrogens with zero attached hydrogens (tertiary/aromatic N) is 3. The minimum Gasteiger partial charge on any atom is -0.341 e. The number of amides is 1. The summed E-state index contributed by atoms with van der Waals surface area (Å²) in [5, 5.41) is 5.96. The van der Waals surface area contributed by atoms with E-state index >= 15 is 0 Å². The molecule has 3 aromatic rings. The molecular formula is C24H23F2N5O. The van der Waals surface area contributed by atoms with Crippen LogP contribution >= 0.6 is 0 Å². The number of aromatic nitrogens is 2. The molecule has 1 saturated heterocycles. The molecule has 6 nitrogen and oxygen atoms in total. The van der Waals surface area contributed by atoms with E-state index in [0.29, 0.717) is 11.5 Å². The van der Waals surface area contributed by atoms with Crippen molar-refractivity contribution >= 4 is 35.1 Å². The molecule has 8 heteroatoms. The molecule has 0 radical (unpaired) electrons. The van der Waals surface area contributed by atoms with E-state index in [2.05, 4.69) is 25.5 Å². The van der Waals surface area contributed by atoms with Gasteiger partial charge in [0.05, 0.1) is 0 Å². The maximum absolute atomic E-state index is 13.6. The van der Waals surface area contributed by atoms with E-state index in [1.54, 1.807) is 12.1 Å². The molecule has 1 aromatic heterocycles. The third-order valence-corrected chi connectivity index (χ3v) is 5.03. The van der Waals surface area contributed by atoms with E-state index < -0.39 is 17.5 Å². The molecule has 0 unspecified atom stereocenters. The van der Waals surface area contributed by atoms with Crippen molar-refractivity contribution in [3.05, 3.63) is 77.5 Å². The van der Waals surface area contributed by atoms with Crippen LogP contribution in [0.4, 0.5) is 31.9 Å². The Morgan fingerprint density at radius 2 is 1.72 bits per heavy atom. The van der Waals surface area contributed by atoms with E-state index in [0.717, 1.165) is 67.5 Å². The van der Waals surface area contributed by atoms with Gasteiger partial charge in [-0.15, -0.1) is 0 Å². The number of benzene rings is 2. The van der Waals surface area contributed by atoms with Gasteiger partial charge in [-0.05, 0) is 68.3 Å². The summed E-state index contributed by atoms with van der Waals surface area (Å²) in [6, 6.07) is 12.1. The highest BCUT2D eigenvalue weighted by Gasteiger charge is 2.16. The Morgan fingerprint density at radius 3 is 2.47 bits per heavy atom. The van der Waals surface area contributed by atoms with Gasteiger partial charge in [0, 0.05) is 47.9 Å². The maximum atomic E-state index is 13.6. The van der Waals surface area contributed by atoms with E-state index in [1.807, 2.05) is 25.1 Å². The molecule has 2 aromatic carbocycles. The zero-order valence-corrected chi connectivity index (χ0v) is 17.6. The normalized spacial score (nSPS) is 13.5. The number of carbonyl (C=O) groups excluding carboxylic acids is 1. The van der Waals surface area contributed by atoms with Crippen molar-refractivity contribution in [2.45, 2.75) is 19.8 Å². The molecule has 1 amide bonds. The summed E-state index contributed by atoms with van der Waals surface area (Å²) in [7, 11) is 0. The second kappa shape index (κ2) is 9.55. The summed E-state index contributed by atoms with van der Waals surface area (Å²) < 4.78 is 26.9. The van der Waals surface area contributed by atoms with E-state index in [-0.39, 0.29) is 5.56 Å². The standard InChI is InChI=1S/C24H23F2N5O/c1-16-14-22(30-24(27-16)31-12-2-3-13-31)28-19-6-8-20(9-7-19)29-23(32)11-4-17-15-18(25)5-10-21(17)26/h4-11,14-15H,2-3,12-13H2,1H3,(H,29,32)(H,27,28,30)/b11-4+. The predicted molar refractivity (Wildman–Crippen MR) is 122 cm³/mol. The molecule has 0 atom stereocenters. The van der Waals surface area contributed by atoms with Crippen LogP contribution in [-0.4, -0.2) is 29.0 Å². The second-order valence-electron chi connectivity index (χ2n) is 7.58. The third-order valence-electron chi connectivity index (χ3n) is 5.03. The smallest absolute Gasteiger partial charge is 0.248 e. The lowest BCUT2D eigenvalue weighted by Crippen LogP contribution is -2.21. The van der Waals surface area contributed by atoms with Gasteiger partial charge in [-0.1, -0.05) is 0 Å². The van der Waals surface area contributed by atoms with Crippen molar-refractivity contribution < 1.29 is 13.6 Å².